The number of anilines is 1. The van der Waals surface area contributed by atoms with Crippen LogP contribution in [-0.2, 0) is 15.7 Å². The summed E-state index contributed by atoms with van der Waals surface area (Å²) in [4.78, 5) is 13.0. The number of para-hydroxylation sites is 1. The normalized spacial score (nSPS) is 24.1. The van der Waals surface area contributed by atoms with Crippen molar-refractivity contribution in [3.63, 3.8) is 0 Å². The molecular weight excluding hydrogens is 273 g/mol. The van der Waals surface area contributed by atoms with E-state index in [1.165, 1.54) is 18.2 Å². The zero-order chi connectivity index (χ0) is 15.0. The molecule has 1 fully saturated rings. The van der Waals surface area contributed by atoms with Crippen LogP contribution in [-0.4, -0.2) is 31.2 Å². The lowest BCUT2D eigenvalue weighted by Gasteiger charge is -2.40. The third-order valence-corrected chi connectivity index (χ3v) is 3.27. The SMILES string of the molecule is CC1(CN)CN(c2ccccc2C(F)(F)F)C(=O)CO1. The van der Waals surface area contributed by atoms with Crippen LogP contribution in [0.3, 0.4) is 0 Å². The minimum atomic E-state index is -4.52. The van der Waals surface area contributed by atoms with Crippen LogP contribution < -0.4 is 10.6 Å². The molecule has 1 unspecified atom stereocenters. The van der Waals surface area contributed by atoms with E-state index in [0.717, 1.165) is 11.0 Å². The van der Waals surface area contributed by atoms with Gasteiger partial charge in [0.25, 0.3) is 5.91 Å². The number of rotatable bonds is 2. The molecular formula is C13H15F3N2O2. The van der Waals surface area contributed by atoms with Crippen LogP contribution in [0.15, 0.2) is 24.3 Å². The van der Waals surface area contributed by atoms with E-state index < -0.39 is 23.2 Å². The Balaban J connectivity index is 2.42. The van der Waals surface area contributed by atoms with Gasteiger partial charge in [0, 0.05) is 6.54 Å². The van der Waals surface area contributed by atoms with Crippen LogP contribution >= 0.6 is 0 Å². The highest BCUT2D eigenvalue weighted by Crippen LogP contribution is 2.37. The second-order valence-corrected chi connectivity index (χ2v) is 4.94. The van der Waals surface area contributed by atoms with Crippen molar-refractivity contribution in [2.75, 3.05) is 24.6 Å². The molecule has 1 aromatic rings. The molecule has 0 radical (unpaired) electrons. The molecule has 4 nitrogen and oxygen atoms in total. The predicted molar refractivity (Wildman–Crippen MR) is 67.2 cm³/mol. The van der Waals surface area contributed by atoms with Crippen LogP contribution in [0.25, 0.3) is 0 Å². The van der Waals surface area contributed by atoms with Crippen molar-refractivity contribution >= 4 is 11.6 Å². The highest BCUT2D eigenvalue weighted by molar-refractivity contribution is 5.96. The van der Waals surface area contributed by atoms with E-state index in [0.29, 0.717) is 0 Å². The average Bonchev–Trinajstić information content (AvgIpc) is 2.41. The lowest BCUT2D eigenvalue weighted by atomic mass is 10.0. The van der Waals surface area contributed by atoms with E-state index >= 15 is 0 Å². The first kappa shape index (κ1) is 14.8. The minimum absolute atomic E-state index is 0.00454. The Morgan fingerprint density at radius 2 is 2.05 bits per heavy atom. The van der Waals surface area contributed by atoms with Crippen LogP contribution in [0.4, 0.5) is 18.9 Å². The van der Waals surface area contributed by atoms with Crippen molar-refractivity contribution < 1.29 is 22.7 Å². The Labute approximate surface area is 114 Å². The molecule has 1 amide bonds. The topological polar surface area (TPSA) is 55.6 Å². The van der Waals surface area contributed by atoms with Crippen molar-refractivity contribution in [1.82, 2.24) is 0 Å². The van der Waals surface area contributed by atoms with Crippen LogP contribution in [0, 0.1) is 0 Å². The fourth-order valence-electron chi connectivity index (χ4n) is 2.07. The van der Waals surface area contributed by atoms with Gasteiger partial charge in [-0.3, -0.25) is 4.79 Å². The van der Waals surface area contributed by atoms with Crippen LogP contribution in [0.5, 0.6) is 0 Å². The molecule has 0 spiro atoms. The van der Waals surface area contributed by atoms with Gasteiger partial charge < -0.3 is 15.4 Å². The van der Waals surface area contributed by atoms with E-state index in [-0.39, 0.29) is 25.4 Å². The Morgan fingerprint density at radius 3 is 2.65 bits per heavy atom. The minimum Gasteiger partial charge on any atom is -0.362 e. The second-order valence-electron chi connectivity index (χ2n) is 4.94. The molecule has 0 aliphatic carbocycles. The van der Waals surface area contributed by atoms with Gasteiger partial charge in [-0.1, -0.05) is 12.1 Å². The number of nitrogens with zero attached hydrogens (tertiary/aromatic N) is 1. The number of amides is 1. The summed E-state index contributed by atoms with van der Waals surface area (Å²) >= 11 is 0. The second kappa shape index (κ2) is 5.06. The van der Waals surface area contributed by atoms with E-state index in [4.69, 9.17) is 10.5 Å². The number of alkyl halides is 3. The number of ether oxygens (including phenoxy) is 1. The van der Waals surface area contributed by atoms with Gasteiger partial charge in [0.2, 0.25) is 0 Å². The molecule has 7 heteroatoms. The van der Waals surface area contributed by atoms with Gasteiger partial charge >= 0.3 is 6.18 Å². The molecule has 0 bridgehead atoms. The number of carbonyl (C=O) groups is 1. The number of hydrogen-bond donors (Lipinski definition) is 1. The summed E-state index contributed by atoms with van der Waals surface area (Å²) < 4.78 is 44.3. The zero-order valence-corrected chi connectivity index (χ0v) is 10.9. The van der Waals surface area contributed by atoms with Gasteiger partial charge in [-0.15, -0.1) is 0 Å². The molecule has 1 aliphatic rings. The number of nitrogens with two attached hydrogens (primary N) is 1. The summed E-state index contributed by atoms with van der Waals surface area (Å²) in [6.07, 6.45) is -4.52. The van der Waals surface area contributed by atoms with Gasteiger partial charge in [-0.05, 0) is 19.1 Å². The first-order valence-corrected chi connectivity index (χ1v) is 6.07. The smallest absolute Gasteiger partial charge is 0.362 e. The van der Waals surface area contributed by atoms with Crippen molar-refractivity contribution in [2.24, 2.45) is 5.73 Å². The van der Waals surface area contributed by atoms with E-state index in [2.05, 4.69) is 0 Å². The number of morpholine rings is 1. The summed E-state index contributed by atoms with van der Waals surface area (Å²) in [5, 5.41) is 0. The van der Waals surface area contributed by atoms with Crippen molar-refractivity contribution in [2.45, 2.75) is 18.7 Å². The van der Waals surface area contributed by atoms with Crippen LogP contribution in [0.2, 0.25) is 0 Å². The molecule has 1 atom stereocenters. The molecule has 2 N–H and O–H groups in total. The van der Waals surface area contributed by atoms with E-state index in [1.807, 2.05) is 0 Å². The van der Waals surface area contributed by atoms with Gasteiger partial charge in [0.1, 0.15) is 6.61 Å². The number of hydrogen-bond acceptors (Lipinski definition) is 3. The monoisotopic (exact) mass is 288 g/mol. The summed E-state index contributed by atoms with van der Waals surface area (Å²) in [5.74, 6) is -0.507. The Bertz CT molecular complexity index is 519. The Kier molecular flexibility index (Phi) is 3.75. The summed E-state index contributed by atoms with van der Waals surface area (Å²) in [7, 11) is 0. The lowest BCUT2D eigenvalue weighted by molar-refractivity contribution is -0.139. The predicted octanol–water partition coefficient (Wildman–Crippen LogP) is 1.79. The molecule has 110 valence electrons. The highest BCUT2D eigenvalue weighted by atomic mass is 19.4. The molecule has 1 heterocycles. The summed E-state index contributed by atoms with van der Waals surface area (Å²) in [5.41, 5.74) is 3.72. The molecule has 1 aliphatic heterocycles. The quantitative estimate of drug-likeness (QED) is 0.902. The largest absolute Gasteiger partial charge is 0.418 e. The van der Waals surface area contributed by atoms with Crippen molar-refractivity contribution in [1.29, 1.82) is 0 Å². The third-order valence-electron chi connectivity index (χ3n) is 3.27. The Hall–Kier alpha value is -1.60. The van der Waals surface area contributed by atoms with Gasteiger partial charge in [0.05, 0.1) is 23.4 Å². The van der Waals surface area contributed by atoms with E-state index in [9.17, 15) is 18.0 Å². The fraction of sp³-hybridized carbons (Fsp3) is 0.462. The maximum atomic E-state index is 13.0. The number of halogens is 3. The lowest BCUT2D eigenvalue weighted by Crippen LogP contribution is -2.57. The van der Waals surface area contributed by atoms with Crippen molar-refractivity contribution in [3.8, 4) is 0 Å². The summed E-state index contributed by atoms with van der Waals surface area (Å²) in [6, 6.07) is 4.99. The maximum Gasteiger partial charge on any atom is 0.418 e. The number of benzene rings is 1. The standard InChI is InChI=1S/C13H15F3N2O2/c1-12(7-17)8-18(11(19)6-20-12)10-5-3-2-4-9(10)13(14,15)16/h2-5H,6-8,17H2,1H3. The van der Waals surface area contributed by atoms with E-state index in [1.54, 1.807) is 6.92 Å². The van der Waals surface area contributed by atoms with Crippen molar-refractivity contribution in [3.05, 3.63) is 29.8 Å². The summed E-state index contributed by atoms with van der Waals surface area (Å²) in [6.45, 7) is 1.50. The van der Waals surface area contributed by atoms with Gasteiger partial charge in [-0.2, -0.15) is 13.2 Å². The maximum absolute atomic E-state index is 13.0. The number of carbonyl (C=O) groups excluding carboxylic acids is 1. The van der Waals surface area contributed by atoms with Gasteiger partial charge in [-0.25, -0.2) is 0 Å². The highest BCUT2D eigenvalue weighted by Gasteiger charge is 2.40. The molecule has 0 saturated carbocycles. The molecule has 0 aromatic heterocycles. The molecule has 20 heavy (non-hydrogen) atoms. The first-order chi connectivity index (χ1) is 9.27. The van der Waals surface area contributed by atoms with Crippen LogP contribution in [0.1, 0.15) is 12.5 Å². The third kappa shape index (κ3) is 2.78. The zero-order valence-electron chi connectivity index (χ0n) is 10.9. The first-order valence-electron chi connectivity index (χ1n) is 6.07. The van der Waals surface area contributed by atoms with Gasteiger partial charge in [0.15, 0.2) is 0 Å². The molecule has 2 rings (SSSR count). The molecule has 1 saturated heterocycles. The average molecular weight is 288 g/mol. The fourth-order valence-corrected chi connectivity index (χ4v) is 2.07. The Morgan fingerprint density at radius 1 is 1.40 bits per heavy atom. The molecule has 1 aromatic carbocycles.